The third-order valence-electron chi connectivity index (χ3n) is 3.57. The summed E-state index contributed by atoms with van der Waals surface area (Å²) in [6.45, 7) is 4.61. The molecule has 0 aliphatic carbocycles. The number of nitrogens with zero attached hydrogens (tertiary/aromatic N) is 2. The summed E-state index contributed by atoms with van der Waals surface area (Å²) in [7, 11) is 1.83. The molecule has 0 saturated carbocycles. The molecule has 2 rings (SSSR count). The Labute approximate surface area is 86.8 Å². The lowest BCUT2D eigenvalue weighted by Crippen LogP contribution is -2.46. The molecule has 3 heteroatoms. The van der Waals surface area contributed by atoms with E-state index in [1.165, 1.54) is 38.8 Å². The number of methoxy groups -OCH3 is 1. The minimum absolute atomic E-state index is 0.513. The Morgan fingerprint density at radius 2 is 1.71 bits per heavy atom. The topological polar surface area (TPSA) is 26.6 Å². The number of ether oxygens (including phenoxy) is 1. The quantitative estimate of drug-likeness (QED) is 0.656. The molecule has 0 unspecified atom stereocenters. The normalized spacial score (nSPS) is 28.1. The van der Waals surface area contributed by atoms with Gasteiger partial charge in [-0.1, -0.05) is 0 Å². The number of rotatable bonds is 2. The van der Waals surface area contributed by atoms with Crippen LogP contribution in [0, 0.1) is 0 Å². The number of likely N-dealkylation sites (tertiary alicyclic amines) is 1. The van der Waals surface area contributed by atoms with Gasteiger partial charge in [0.2, 0.25) is 0 Å². The highest BCUT2D eigenvalue weighted by molar-refractivity contribution is 4.81. The fraction of sp³-hybridized carbons (Fsp3) is 1.00. The predicted molar refractivity (Wildman–Crippen MR) is 56.5 cm³/mol. The van der Waals surface area contributed by atoms with Gasteiger partial charge in [0.25, 0.3) is 0 Å². The maximum absolute atomic E-state index is 5.38. The smallest absolute Gasteiger partial charge is 0.0595 e. The molecular weight excluding hydrogens is 176 g/mol. The number of hydrogen-bond donors (Lipinski definition) is 0. The van der Waals surface area contributed by atoms with E-state index in [-0.39, 0.29) is 0 Å². The van der Waals surface area contributed by atoms with Crippen LogP contribution >= 0.6 is 0 Å². The van der Waals surface area contributed by atoms with Crippen LogP contribution in [0.15, 0.2) is 0 Å². The van der Waals surface area contributed by atoms with E-state index in [2.05, 4.69) is 10.2 Å². The van der Waals surface area contributed by atoms with Crippen molar-refractivity contribution in [2.75, 3.05) is 33.3 Å². The Morgan fingerprint density at radius 3 is 2.29 bits per heavy atom. The Morgan fingerprint density at radius 1 is 1.07 bits per heavy atom. The average molecular weight is 197 g/mol. The lowest BCUT2D eigenvalue weighted by atomic mass is 10.00. The average Bonchev–Trinajstić information content (AvgIpc) is 2.30. The fourth-order valence-electron chi connectivity index (χ4n) is 2.58. The fourth-order valence-corrected chi connectivity index (χ4v) is 2.58. The summed E-state index contributed by atoms with van der Waals surface area (Å²) < 4.78 is 5.38. The first kappa shape index (κ1) is 10.4. The van der Waals surface area contributed by atoms with E-state index < -0.39 is 0 Å². The lowest BCUT2D eigenvalue weighted by molar-refractivity contribution is 0.0221. The predicted octanol–water partition coefficient (Wildman–Crippen LogP) is 0.864. The van der Waals surface area contributed by atoms with Gasteiger partial charge in [-0.05, 0) is 25.7 Å². The molecule has 14 heavy (non-hydrogen) atoms. The minimum atomic E-state index is 0.513. The monoisotopic (exact) mass is 197 g/mol. The van der Waals surface area contributed by atoms with Crippen molar-refractivity contribution in [3.05, 3.63) is 0 Å². The summed E-state index contributed by atoms with van der Waals surface area (Å²) in [6, 6.07) is 0.810. The summed E-state index contributed by atoms with van der Waals surface area (Å²) in [5, 5.41) is 4.40. The van der Waals surface area contributed by atoms with E-state index in [1.54, 1.807) is 0 Å². The summed E-state index contributed by atoms with van der Waals surface area (Å²) in [6.07, 6.45) is 5.49. The number of hydrogen-bond acceptors (Lipinski definition) is 2. The van der Waals surface area contributed by atoms with Crippen LogP contribution in [0.25, 0.3) is 0 Å². The van der Waals surface area contributed by atoms with Crippen LogP contribution in [-0.4, -0.2) is 50.3 Å². The van der Waals surface area contributed by atoms with Gasteiger partial charge in [-0.3, -0.25) is 0 Å². The molecule has 0 aromatic rings. The lowest BCUT2D eigenvalue weighted by Gasteiger charge is -2.38. The van der Waals surface area contributed by atoms with Crippen LogP contribution in [-0.2, 0) is 4.74 Å². The zero-order valence-electron chi connectivity index (χ0n) is 9.11. The van der Waals surface area contributed by atoms with Crippen molar-refractivity contribution in [2.45, 2.75) is 37.8 Å². The van der Waals surface area contributed by atoms with Gasteiger partial charge in [-0.2, -0.15) is 0 Å². The molecule has 0 N–H and O–H groups in total. The first-order valence-electron chi connectivity index (χ1n) is 5.80. The highest BCUT2D eigenvalue weighted by atomic mass is 16.5. The van der Waals surface area contributed by atoms with E-state index >= 15 is 0 Å². The molecule has 81 valence electrons. The van der Waals surface area contributed by atoms with E-state index in [9.17, 15) is 0 Å². The van der Waals surface area contributed by atoms with Gasteiger partial charge < -0.3 is 9.64 Å². The van der Waals surface area contributed by atoms with Crippen molar-refractivity contribution in [3.8, 4) is 0 Å². The molecule has 0 aromatic heterocycles. The van der Waals surface area contributed by atoms with Crippen LogP contribution in [0.1, 0.15) is 25.7 Å². The molecule has 2 heterocycles. The van der Waals surface area contributed by atoms with Crippen molar-refractivity contribution in [2.24, 2.45) is 0 Å². The van der Waals surface area contributed by atoms with E-state index in [4.69, 9.17) is 4.74 Å². The second-order valence-electron chi connectivity index (χ2n) is 4.37. The van der Waals surface area contributed by atoms with Crippen molar-refractivity contribution in [1.29, 1.82) is 0 Å². The molecule has 1 radical (unpaired) electrons. The molecule has 0 aromatic carbocycles. The molecule has 3 nitrogen and oxygen atoms in total. The molecule has 0 atom stereocenters. The Bertz CT molecular complexity index is 161. The number of piperidine rings is 2. The molecule has 0 bridgehead atoms. The molecule has 2 aliphatic heterocycles. The highest BCUT2D eigenvalue weighted by Crippen LogP contribution is 2.19. The van der Waals surface area contributed by atoms with Crippen LogP contribution in [0.3, 0.4) is 0 Å². The van der Waals surface area contributed by atoms with Crippen molar-refractivity contribution in [1.82, 2.24) is 10.2 Å². The first-order valence-corrected chi connectivity index (χ1v) is 5.80. The summed E-state index contributed by atoms with van der Waals surface area (Å²) in [5.74, 6) is 0. The van der Waals surface area contributed by atoms with Gasteiger partial charge in [0.15, 0.2) is 0 Å². The zero-order chi connectivity index (χ0) is 9.80. The third kappa shape index (κ3) is 2.47. The molecule has 2 saturated heterocycles. The second kappa shape index (κ2) is 5.10. The highest BCUT2D eigenvalue weighted by Gasteiger charge is 2.25. The van der Waals surface area contributed by atoms with Gasteiger partial charge in [0.1, 0.15) is 0 Å². The maximum atomic E-state index is 5.38. The van der Waals surface area contributed by atoms with Gasteiger partial charge in [0.05, 0.1) is 6.10 Å². The minimum Gasteiger partial charge on any atom is -0.381 e. The Kier molecular flexibility index (Phi) is 3.79. The van der Waals surface area contributed by atoms with E-state index in [0.717, 1.165) is 19.1 Å². The second-order valence-corrected chi connectivity index (χ2v) is 4.37. The molecule has 2 aliphatic rings. The van der Waals surface area contributed by atoms with Crippen LogP contribution in [0.5, 0.6) is 0 Å². The van der Waals surface area contributed by atoms with Gasteiger partial charge >= 0.3 is 0 Å². The molecular formula is C11H21N2O. The largest absolute Gasteiger partial charge is 0.381 e. The zero-order valence-corrected chi connectivity index (χ0v) is 9.11. The summed E-state index contributed by atoms with van der Waals surface area (Å²) in [5.41, 5.74) is 0. The first-order chi connectivity index (χ1) is 6.90. The van der Waals surface area contributed by atoms with Gasteiger partial charge in [0, 0.05) is 39.3 Å². The standard InChI is InChI=1S/C11H21N2O/c1-14-11-4-8-13(9-5-11)10-2-6-12-7-3-10/h10-11H,2-9H2,1H3. The molecule has 0 amide bonds. The van der Waals surface area contributed by atoms with Crippen molar-refractivity contribution >= 4 is 0 Å². The van der Waals surface area contributed by atoms with Crippen molar-refractivity contribution in [3.63, 3.8) is 0 Å². The van der Waals surface area contributed by atoms with Crippen LogP contribution < -0.4 is 5.32 Å². The SMILES string of the molecule is COC1CCN(C2CC[N]CC2)CC1. The third-order valence-corrected chi connectivity index (χ3v) is 3.57. The van der Waals surface area contributed by atoms with Gasteiger partial charge in [-0.25, -0.2) is 5.32 Å². The molecule has 0 spiro atoms. The van der Waals surface area contributed by atoms with Crippen LogP contribution in [0.2, 0.25) is 0 Å². The Balaban J connectivity index is 1.76. The summed E-state index contributed by atoms with van der Waals surface area (Å²) >= 11 is 0. The van der Waals surface area contributed by atoms with Crippen LogP contribution in [0.4, 0.5) is 0 Å². The molecule has 2 fully saturated rings. The maximum Gasteiger partial charge on any atom is 0.0595 e. The van der Waals surface area contributed by atoms with E-state index in [1.807, 2.05) is 7.11 Å². The van der Waals surface area contributed by atoms with E-state index in [0.29, 0.717) is 6.10 Å². The van der Waals surface area contributed by atoms with Gasteiger partial charge in [-0.15, -0.1) is 0 Å². The Hall–Kier alpha value is -0.120. The summed E-state index contributed by atoms with van der Waals surface area (Å²) in [4.78, 5) is 2.64. The van der Waals surface area contributed by atoms with Crippen molar-refractivity contribution < 1.29 is 4.74 Å².